The molecule has 1 nitrogen and oxygen atoms in total. The Balaban J connectivity index is 1.90. The fourth-order valence-corrected chi connectivity index (χ4v) is 2.09. The lowest BCUT2D eigenvalue weighted by Gasteiger charge is -2.15. The first kappa shape index (κ1) is 11.6. The zero-order chi connectivity index (χ0) is 11.5. The van der Waals surface area contributed by atoms with Gasteiger partial charge in [-0.15, -0.1) is 0 Å². The molecule has 16 heavy (non-hydrogen) atoms. The summed E-state index contributed by atoms with van der Waals surface area (Å²) >= 11 is 0. The van der Waals surface area contributed by atoms with Gasteiger partial charge in [-0.2, -0.15) is 0 Å². The number of rotatable bonds is 5. The van der Waals surface area contributed by atoms with Crippen LogP contribution in [-0.2, 0) is 0 Å². The van der Waals surface area contributed by atoms with Crippen molar-refractivity contribution in [1.82, 2.24) is 5.32 Å². The van der Waals surface area contributed by atoms with Crippen LogP contribution in [0.4, 0.5) is 4.39 Å². The van der Waals surface area contributed by atoms with Crippen molar-refractivity contribution >= 4 is 0 Å². The van der Waals surface area contributed by atoms with Gasteiger partial charge in [-0.1, -0.05) is 13.0 Å². The second-order valence-electron chi connectivity index (χ2n) is 4.92. The summed E-state index contributed by atoms with van der Waals surface area (Å²) < 4.78 is 13.2. The number of hydrogen-bond acceptors (Lipinski definition) is 1. The Morgan fingerprint density at radius 3 is 2.88 bits per heavy atom. The molecule has 1 aromatic carbocycles. The van der Waals surface area contributed by atoms with Crippen molar-refractivity contribution in [3.63, 3.8) is 0 Å². The smallest absolute Gasteiger partial charge is 0.123 e. The maximum absolute atomic E-state index is 13.2. The van der Waals surface area contributed by atoms with E-state index in [1.54, 1.807) is 6.07 Å². The molecule has 2 rings (SSSR count). The van der Waals surface area contributed by atoms with Crippen LogP contribution >= 0.6 is 0 Å². The predicted octanol–water partition coefficient (Wildman–Crippen LogP) is 3.38. The number of aryl methyl sites for hydroxylation is 1. The minimum atomic E-state index is -0.123. The number of nitrogens with one attached hydrogen (secondary N) is 1. The van der Waals surface area contributed by atoms with Gasteiger partial charge in [0, 0.05) is 6.04 Å². The van der Waals surface area contributed by atoms with Crippen LogP contribution in [0.5, 0.6) is 0 Å². The van der Waals surface area contributed by atoms with Crippen LogP contribution in [0.1, 0.15) is 43.2 Å². The van der Waals surface area contributed by atoms with E-state index >= 15 is 0 Å². The third kappa shape index (κ3) is 3.05. The molecule has 1 aliphatic rings. The van der Waals surface area contributed by atoms with Crippen LogP contribution in [0, 0.1) is 12.7 Å². The van der Waals surface area contributed by atoms with Gasteiger partial charge in [0.25, 0.3) is 0 Å². The van der Waals surface area contributed by atoms with E-state index in [2.05, 4.69) is 19.2 Å². The standard InChI is InChI=1S/C14H20FN/c1-10-3-4-12(15)9-14(10)11(2)7-8-16-13-5-6-13/h3-4,9,11,13,16H,5-8H2,1-2H3. The van der Waals surface area contributed by atoms with E-state index in [1.165, 1.54) is 24.5 Å². The Morgan fingerprint density at radius 1 is 1.44 bits per heavy atom. The van der Waals surface area contributed by atoms with E-state index in [0.717, 1.165) is 24.6 Å². The third-order valence-corrected chi connectivity index (χ3v) is 3.36. The van der Waals surface area contributed by atoms with Gasteiger partial charge in [-0.3, -0.25) is 0 Å². The summed E-state index contributed by atoms with van der Waals surface area (Å²) in [5.41, 5.74) is 2.35. The topological polar surface area (TPSA) is 12.0 Å². The van der Waals surface area contributed by atoms with Gasteiger partial charge in [-0.05, 0) is 61.9 Å². The Bertz CT molecular complexity index is 358. The van der Waals surface area contributed by atoms with Gasteiger partial charge >= 0.3 is 0 Å². The lowest BCUT2D eigenvalue weighted by atomic mass is 9.93. The van der Waals surface area contributed by atoms with Crippen molar-refractivity contribution in [3.05, 3.63) is 35.1 Å². The van der Waals surface area contributed by atoms with E-state index in [9.17, 15) is 4.39 Å². The number of benzene rings is 1. The molecule has 0 aliphatic heterocycles. The predicted molar refractivity (Wildman–Crippen MR) is 65.2 cm³/mol. The molecule has 0 radical (unpaired) electrons. The average molecular weight is 221 g/mol. The van der Waals surface area contributed by atoms with Crippen molar-refractivity contribution < 1.29 is 4.39 Å². The van der Waals surface area contributed by atoms with Crippen molar-refractivity contribution in [2.24, 2.45) is 0 Å². The van der Waals surface area contributed by atoms with E-state index in [0.29, 0.717) is 5.92 Å². The molecule has 0 amide bonds. The van der Waals surface area contributed by atoms with Gasteiger partial charge in [0.1, 0.15) is 5.82 Å². The Morgan fingerprint density at radius 2 is 2.19 bits per heavy atom. The van der Waals surface area contributed by atoms with Crippen molar-refractivity contribution in [3.8, 4) is 0 Å². The van der Waals surface area contributed by atoms with E-state index in [1.807, 2.05) is 6.07 Å². The first-order chi connectivity index (χ1) is 7.66. The molecule has 1 N–H and O–H groups in total. The monoisotopic (exact) mass is 221 g/mol. The molecule has 0 saturated heterocycles. The summed E-state index contributed by atoms with van der Waals surface area (Å²) in [4.78, 5) is 0. The molecule has 1 aromatic rings. The van der Waals surface area contributed by atoms with Crippen LogP contribution in [0.15, 0.2) is 18.2 Å². The SMILES string of the molecule is Cc1ccc(F)cc1C(C)CCNC1CC1. The van der Waals surface area contributed by atoms with Crippen LogP contribution in [0.3, 0.4) is 0 Å². The van der Waals surface area contributed by atoms with E-state index in [-0.39, 0.29) is 5.82 Å². The molecule has 1 saturated carbocycles. The fourth-order valence-electron chi connectivity index (χ4n) is 2.09. The highest BCUT2D eigenvalue weighted by Gasteiger charge is 2.20. The van der Waals surface area contributed by atoms with Crippen LogP contribution < -0.4 is 5.32 Å². The molecule has 0 bridgehead atoms. The minimum Gasteiger partial charge on any atom is -0.314 e. The van der Waals surface area contributed by atoms with Gasteiger partial charge in [-0.25, -0.2) is 4.39 Å². The molecule has 1 aliphatic carbocycles. The Hall–Kier alpha value is -0.890. The van der Waals surface area contributed by atoms with Gasteiger partial charge in [0.05, 0.1) is 0 Å². The Labute approximate surface area is 97.1 Å². The molecule has 88 valence electrons. The van der Waals surface area contributed by atoms with Crippen LogP contribution in [0.25, 0.3) is 0 Å². The van der Waals surface area contributed by atoms with Crippen LogP contribution in [-0.4, -0.2) is 12.6 Å². The van der Waals surface area contributed by atoms with Crippen LogP contribution in [0.2, 0.25) is 0 Å². The van der Waals surface area contributed by atoms with Gasteiger partial charge < -0.3 is 5.32 Å². The molecule has 0 heterocycles. The summed E-state index contributed by atoms with van der Waals surface area (Å²) in [6.45, 7) is 5.28. The molecular weight excluding hydrogens is 201 g/mol. The highest BCUT2D eigenvalue weighted by molar-refractivity contribution is 5.29. The fraction of sp³-hybridized carbons (Fsp3) is 0.571. The summed E-state index contributed by atoms with van der Waals surface area (Å²) in [5, 5.41) is 3.50. The molecule has 0 aromatic heterocycles. The van der Waals surface area contributed by atoms with Crippen molar-refractivity contribution in [1.29, 1.82) is 0 Å². The normalized spacial score (nSPS) is 17.4. The maximum Gasteiger partial charge on any atom is 0.123 e. The van der Waals surface area contributed by atoms with E-state index < -0.39 is 0 Å². The molecule has 2 heteroatoms. The maximum atomic E-state index is 13.2. The average Bonchev–Trinajstić information content (AvgIpc) is 3.05. The number of hydrogen-bond donors (Lipinski definition) is 1. The first-order valence-corrected chi connectivity index (χ1v) is 6.16. The second kappa shape index (κ2) is 4.96. The quantitative estimate of drug-likeness (QED) is 0.803. The minimum absolute atomic E-state index is 0.123. The summed E-state index contributed by atoms with van der Waals surface area (Å²) in [7, 11) is 0. The molecule has 1 atom stereocenters. The number of halogens is 1. The summed E-state index contributed by atoms with van der Waals surface area (Å²) in [5.74, 6) is 0.310. The van der Waals surface area contributed by atoms with Gasteiger partial charge in [0.2, 0.25) is 0 Å². The lowest BCUT2D eigenvalue weighted by Crippen LogP contribution is -2.19. The van der Waals surface area contributed by atoms with Crippen molar-refractivity contribution in [2.75, 3.05) is 6.54 Å². The first-order valence-electron chi connectivity index (χ1n) is 6.16. The third-order valence-electron chi connectivity index (χ3n) is 3.36. The molecule has 0 spiro atoms. The highest BCUT2D eigenvalue weighted by atomic mass is 19.1. The largest absolute Gasteiger partial charge is 0.314 e. The second-order valence-corrected chi connectivity index (χ2v) is 4.92. The zero-order valence-corrected chi connectivity index (χ0v) is 10.1. The molecule has 1 fully saturated rings. The highest BCUT2D eigenvalue weighted by Crippen LogP contribution is 2.24. The van der Waals surface area contributed by atoms with E-state index in [4.69, 9.17) is 0 Å². The lowest BCUT2D eigenvalue weighted by molar-refractivity contribution is 0.581. The molecule has 1 unspecified atom stereocenters. The Kier molecular flexibility index (Phi) is 3.59. The summed E-state index contributed by atoms with van der Waals surface area (Å²) in [6, 6.07) is 5.85. The zero-order valence-electron chi connectivity index (χ0n) is 10.1. The summed E-state index contributed by atoms with van der Waals surface area (Å²) in [6.07, 6.45) is 3.74. The molecular formula is C14H20FN. The van der Waals surface area contributed by atoms with Crippen molar-refractivity contribution in [2.45, 2.75) is 45.1 Å². The van der Waals surface area contributed by atoms with Gasteiger partial charge in [0.15, 0.2) is 0 Å².